The lowest BCUT2D eigenvalue weighted by Gasteiger charge is -2.28. The Labute approximate surface area is 124 Å². The Kier molecular flexibility index (Phi) is 9.10. The van der Waals surface area contributed by atoms with Crippen LogP contribution in [0.2, 0.25) is 0 Å². The predicted octanol–water partition coefficient (Wildman–Crippen LogP) is 2.75. The van der Waals surface area contributed by atoms with Gasteiger partial charge in [-0.3, -0.25) is 5.43 Å². The van der Waals surface area contributed by atoms with E-state index in [1.807, 2.05) is 7.05 Å². The summed E-state index contributed by atoms with van der Waals surface area (Å²) in [6, 6.07) is 1.35. The van der Waals surface area contributed by atoms with E-state index in [2.05, 4.69) is 30.4 Å². The minimum absolute atomic E-state index is 0.649. The molecule has 2 unspecified atom stereocenters. The van der Waals surface area contributed by atoms with Crippen molar-refractivity contribution in [2.75, 3.05) is 34.0 Å². The summed E-state index contributed by atoms with van der Waals surface area (Å²) in [5, 5.41) is 2.45. The Bertz CT molecular complexity index is 282. The zero-order valence-corrected chi connectivity index (χ0v) is 13.7. The third kappa shape index (κ3) is 5.92. The summed E-state index contributed by atoms with van der Waals surface area (Å²) in [6.07, 6.45) is 8.33. The van der Waals surface area contributed by atoms with Gasteiger partial charge in [0.15, 0.2) is 0 Å². The van der Waals surface area contributed by atoms with Crippen molar-refractivity contribution in [2.24, 2.45) is 0 Å². The van der Waals surface area contributed by atoms with E-state index in [1.54, 1.807) is 7.11 Å². The highest BCUT2D eigenvalue weighted by Gasteiger charge is 2.31. The average molecular weight is 284 g/mol. The van der Waals surface area contributed by atoms with Crippen LogP contribution in [0.5, 0.6) is 0 Å². The van der Waals surface area contributed by atoms with Crippen LogP contribution >= 0.6 is 0 Å². The third-order valence-electron chi connectivity index (χ3n) is 4.09. The molecule has 4 nitrogen and oxygen atoms in total. The summed E-state index contributed by atoms with van der Waals surface area (Å²) < 4.78 is 10.4. The normalized spacial score (nSPS) is 24.5. The van der Waals surface area contributed by atoms with Gasteiger partial charge in [0.1, 0.15) is 0 Å². The molecule has 0 spiro atoms. The van der Waals surface area contributed by atoms with Crippen LogP contribution in [0.25, 0.3) is 0 Å². The third-order valence-corrected chi connectivity index (χ3v) is 4.09. The van der Waals surface area contributed by atoms with Crippen LogP contribution in [0.15, 0.2) is 11.6 Å². The van der Waals surface area contributed by atoms with E-state index >= 15 is 0 Å². The maximum Gasteiger partial charge on any atom is 0.0700 e. The fourth-order valence-corrected chi connectivity index (χ4v) is 3.02. The van der Waals surface area contributed by atoms with Crippen LogP contribution in [-0.2, 0) is 9.47 Å². The summed E-state index contributed by atoms with van der Waals surface area (Å²) in [4.78, 5) is 0. The van der Waals surface area contributed by atoms with Gasteiger partial charge in [-0.1, -0.05) is 18.6 Å². The molecule has 20 heavy (non-hydrogen) atoms. The molecule has 0 radical (unpaired) electrons. The van der Waals surface area contributed by atoms with Crippen LogP contribution in [0, 0.1) is 0 Å². The smallest absolute Gasteiger partial charge is 0.0700 e. The van der Waals surface area contributed by atoms with Crippen molar-refractivity contribution in [2.45, 2.75) is 58.0 Å². The van der Waals surface area contributed by atoms with Crippen molar-refractivity contribution in [3.05, 3.63) is 11.6 Å². The van der Waals surface area contributed by atoms with Crippen molar-refractivity contribution in [3.63, 3.8) is 0 Å². The first kappa shape index (κ1) is 17.6. The number of nitrogens with zero attached hydrogens (tertiary/aromatic N) is 1. The highest BCUT2D eigenvalue weighted by atomic mass is 16.5. The van der Waals surface area contributed by atoms with E-state index in [1.165, 1.54) is 24.8 Å². The number of methoxy groups -OCH3 is 1. The molecule has 1 rings (SSSR count). The number of hydrazine groups is 1. The zero-order chi connectivity index (χ0) is 14.8. The lowest BCUT2D eigenvalue weighted by molar-refractivity contribution is 0.0729. The predicted molar refractivity (Wildman–Crippen MR) is 83.7 cm³/mol. The first-order valence-corrected chi connectivity index (χ1v) is 7.90. The fraction of sp³-hybridized carbons (Fsp3) is 0.875. The second-order valence-corrected chi connectivity index (χ2v) is 5.57. The summed E-state index contributed by atoms with van der Waals surface area (Å²) in [5.41, 5.74) is 4.85. The van der Waals surface area contributed by atoms with Crippen molar-refractivity contribution >= 4 is 0 Å². The second kappa shape index (κ2) is 10.3. The van der Waals surface area contributed by atoms with Gasteiger partial charge in [-0.15, -0.1) is 0 Å². The lowest BCUT2D eigenvalue weighted by Crippen LogP contribution is -2.44. The number of rotatable bonds is 10. The van der Waals surface area contributed by atoms with E-state index in [0.29, 0.717) is 25.3 Å². The van der Waals surface area contributed by atoms with Gasteiger partial charge in [0.2, 0.25) is 0 Å². The molecule has 0 aromatic carbocycles. The van der Waals surface area contributed by atoms with Crippen LogP contribution < -0.4 is 5.43 Å². The summed E-state index contributed by atoms with van der Waals surface area (Å²) in [7, 11) is 3.75. The maximum atomic E-state index is 5.48. The highest BCUT2D eigenvalue weighted by molar-refractivity contribution is 5.02. The van der Waals surface area contributed by atoms with Crippen LogP contribution in [-0.4, -0.2) is 51.1 Å². The van der Waals surface area contributed by atoms with Crippen molar-refractivity contribution in [1.29, 1.82) is 0 Å². The Hall–Kier alpha value is -0.420. The standard InChI is InChI=1S/C16H32N2O2/c1-5-15-8-9-16(18(15)17-3)13-14(2)7-6-10-20-12-11-19-4/h7,15-17H,5-6,8-13H2,1-4H3/b14-7-. The van der Waals surface area contributed by atoms with Crippen LogP contribution in [0.3, 0.4) is 0 Å². The lowest BCUT2D eigenvalue weighted by atomic mass is 10.0. The zero-order valence-electron chi connectivity index (χ0n) is 13.7. The van der Waals surface area contributed by atoms with Gasteiger partial charge < -0.3 is 9.47 Å². The molecular formula is C16H32N2O2. The molecule has 4 heteroatoms. The molecule has 1 aliphatic rings. The molecule has 0 aromatic heterocycles. The Morgan fingerprint density at radius 3 is 2.65 bits per heavy atom. The van der Waals surface area contributed by atoms with Gasteiger partial charge in [-0.25, -0.2) is 5.01 Å². The number of hydrogen-bond donors (Lipinski definition) is 1. The molecule has 118 valence electrons. The number of ether oxygens (including phenoxy) is 2. The van der Waals surface area contributed by atoms with Gasteiger partial charge >= 0.3 is 0 Å². The minimum Gasteiger partial charge on any atom is -0.382 e. The summed E-state index contributed by atoms with van der Waals surface area (Å²) in [6.45, 7) is 6.68. The molecule has 0 aromatic rings. The largest absolute Gasteiger partial charge is 0.382 e. The topological polar surface area (TPSA) is 33.7 Å². The van der Waals surface area contributed by atoms with E-state index in [4.69, 9.17) is 9.47 Å². The SMILES string of the molecule is CCC1CCC(C/C(C)=C\CCOCCOC)N1NC. The summed E-state index contributed by atoms with van der Waals surface area (Å²) >= 11 is 0. The van der Waals surface area contributed by atoms with Crippen molar-refractivity contribution in [1.82, 2.24) is 10.4 Å². The minimum atomic E-state index is 0.649. The number of hydrogen-bond acceptors (Lipinski definition) is 4. The Balaban J connectivity index is 2.25. The fourth-order valence-electron chi connectivity index (χ4n) is 3.02. The highest BCUT2D eigenvalue weighted by Crippen LogP contribution is 2.28. The molecule has 1 aliphatic heterocycles. The van der Waals surface area contributed by atoms with Crippen molar-refractivity contribution < 1.29 is 9.47 Å². The van der Waals surface area contributed by atoms with Gasteiger partial charge in [-0.05, 0) is 46.1 Å². The van der Waals surface area contributed by atoms with Gasteiger partial charge in [0.05, 0.1) is 19.8 Å². The van der Waals surface area contributed by atoms with E-state index in [9.17, 15) is 0 Å². The van der Waals surface area contributed by atoms with E-state index in [-0.39, 0.29) is 0 Å². The van der Waals surface area contributed by atoms with Crippen LogP contribution in [0.4, 0.5) is 0 Å². The molecule has 2 atom stereocenters. The van der Waals surface area contributed by atoms with E-state index < -0.39 is 0 Å². The molecule has 0 aliphatic carbocycles. The Morgan fingerprint density at radius 1 is 1.25 bits per heavy atom. The quantitative estimate of drug-likeness (QED) is 0.494. The number of nitrogens with one attached hydrogen (secondary N) is 1. The molecule has 0 amide bonds. The monoisotopic (exact) mass is 284 g/mol. The first-order valence-electron chi connectivity index (χ1n) is 7.90. The molecule has 0 saturated carbocycles. The van der Waals surface area contributed by atoms with Gasteiger partial charge in [0.25, 0.3) is 0 Å². The van der Waals surface area contributed by atoms with E-state index in [0.717, 1.165) is 19.4 Å². The van der Waals surface area contributed by atoms with Crippen molar-refractivity contribution in [3.8, 4) is 0 Å². The molecule has 1 saturated heterocycles. The Morgan fingerprint density at radius 2 is 2.00 bits per heavy atom. The molecule has 1 heterocycles. The van der Waals surface area contributed by atoms with Gasteiger partial charge in [-0.2, -0.15) is 0 Å². The van der Waals surface area contributed by atoms with Crippen LogP contribution in [0.1, 0.15) is 46.0 Å². The maximum absolute atomic E-state index is 5.48. The second-order valence-electron chi connectivity index (χ2n) is 5.57. The average Bonchev–Trinajstić information content (AvgIpc) is 2.84. The van der Waals surface area contributed by atoms with Gasteiger partial charge in [0, 0.05) is 19.2 Å². The molecular weight excluding hydrogens is 252 g/mol. The summed E-state index contributed by atoms with van der Waals surface area (Å²) in [5.74, 6) is 0. The first-order chi connectivity index (χ1) is 9.72. The molecule has 0 bridgehead atoms. The molecule has 1 N–H and O–H groups in total. The molecule has 1 fully saturated rings.